The van der Waals surface area contributed by atoms with Gasteiger partial charge >= 0.3 is 0 Å². The van der Waals surface area contributed by atoms with Crippen LogP contribution in [0.2, 0.25) is 0 Å². The molecule has 1 aliphatic rings. The van der Waals surface area contributed by atoms with Crippen LogP contribution in [0, 0.1) is 17.5 Å². The van der Waals surface area contributed by atoms with E-state index in [-0.39, 0.29) is 24.9 Å². The fraction of sp³-hybridized carbons (Fsp3) is 0.300. The van der Waals surface area contributed by atoms with Crippen LogP contribution in [0.1, 0.15) is 15.9 Å². The summed E-state index contributed by atoms with van der Waals surface area (Å²) >= 11 is 0. The molecular weight excluding hydrogens is 371 g/mol. The zero-order chi connectivity index (χ0) is 20.1. The molecule has 0 bridgehead atoms. The van der Waals surface area contributed by atoms with Gasteiger partial charge in [-0.3, -0.25) is 14.5 Å². The molecule has 0 unspecified atom stereocenters. The zero-order valence-corrected chi connectivity index (χ0v) is 15.1. The number of benzene rings is 2. The van der Waals surface area contributed by atoms with Gasteiger partial charge in [0.25, 0.3) is 5.91 Å². The number of nitrogens with one attached hydrogen (secondary N) is 1. The van der Waals surface area contributed by atoms with E-state index < -0.39 is 17.5 Å². The first-order valence-electron chi connectivity index (χ1n) is 8.89. The van der Waals surface area contributed by atoms with E-state index in [0.29, 0.717) is 37.3 Å². The fourth-order valence-corrected chi connectivity index (χ4v) is 3.06. The second-order valence-corrected chi connectivity index (χ2v) is 6.63. The van der Waals surface area contributed by atoms with E-state index in [4.69, 9.17) is 0 Å². The van der Waals surface area contributed by atoms with Gasteiger partial charge in [-0.05, 0) is 42.0 Å². The molecule has 2 amide bonds. The highest BCUT2D eigenvalue weighted by molar-refractivity contribution is 5.94. The molecule has 3 rings (SSSR count). The predicted octanol–water partition coefficient (Wildman–Crippen LogP) is 2.18. The van der Waals surface area contributed by atoms with E-state index in [1.165, 1.54) is 36.4 Å². The van der Waals surface area contributed by atoms with E-state index >= 15 is 0 Å². The number of hydrogen-bond acceptors (Lipinski definition) is 3. The number of halogens is 3. The minimum Gasteiger partial charge on any atom is -0.351 e. The predicted molar refractivity (Wildman–Crippen MR) is 96.9 cm³/mol. The molecule has 148 valence electrons. The first kappa shape index (κ1) is 19.9. The third-order valence-electron chi connectivity index (χ3n) is 4.53. The number of nitrogens with zero attached hydrogens (tertiary/aromatic N) is 2. The van der Waals surface area contributed by atoms with Crippen molar-refractivity contribution in [3.05, 3.63) is 71.0 Å². The minimum absolute atomic E-state index is 0.0382. The van der Waals surface area contributed by atoms with Gasteiger partial charge in [0.15, 0.2) is 0 Å². The number of carbonyl (C=O) groups is 2. The van der Waals surface area contributed by atoms with E-state index in [0.717, 1.165) is 6.07 Å². The molecule has 2 aromatic carbocycles. The summed E-state index contributed by atoms with van der Waals surface area (Å²) < 4.78 is 39.3. The van der Waals surface area contributed by atoms with Crippen LogP contribution < -0.4 is 5.32 Å². The second kappa shape index (κ2) is 8.88. The highest BCUT2D eigenvalue weighted by Crippen LogP contribution is 2.10. The Labute approximate surface area is 160 Å². The Morgan fingerprint density at radius 1 is 0.857 bits per heavy atom. The Kier molecular flexibility index (Phi) is 6.30. The molecule has 2 aromatic rings. The number of rotatable bonds is 5. The molecule has 0 radical (unpaired) electrons. The van der Waals surface area contributed by atoms with Gasteiger partial charge in [0, 0.05) is 44.4 Å². The molecule has 0 atom stereocenters. The maximum Gasteiger partial charge on any atom is 0.253 e. The highest BCUT2D eigenvalue weighted by atomic mass is 19.1. The van der Waals surface area contributed by atoms with Crippen molar-refractivity contribution in [2.75, 3.05) is 32.7 Å². The largest absolute Gasteiger partial charge is 0.351 e. The van der Waals surface area contributed by atoms with Gasteiger partial charge < -0.3 is 10.2 Å². The van der Waals surface area contributed by atoms with Crippen LogP contribution in [0.5, 0.6) is 0 Å². The van der Waals surface area contributed by atoms with Crippen molar-refractivity contribution in [2.24, 2.45) is 0 Å². The minimum atomic E-state index is -0.689. The van der Waals surface area contributed by atoms with Crippen LogP contribution in [-0.2, 0) is 11.3 Å². The van der Waals surface area contributed by atoms with E-state index in [9.17, 15) is 22.8 Å². The van der Waals surface area contributed by atoms with Crippen molar-refractivity contribution in [1.82, 2.24) is 15.1 Å². The van der Waals surface area contributed by atoms with Crippen molar-refractivity contribution in [3.8, 4) is 0 Å². The lowest BCUT2D eigenvalue weighted by atomic mass is 10.1. The summed E-state index contributed by atoms with van der Waals surface area (Å²) in [6, 6.07) is 8.51. The lowest BCUT2D eigenvalue weighted by Gasteiger charge is -2.34. The summed E-state index contributed by atoms with van der Waals surface area (Å²) in [6.45, 7) is 2.13. The monoisotopic (exact) mass is 391 g/mol. The molecule has 28 heavy (non-hydrogen) atoms. The summed E-state index contributed by atoms with van der Waals surface area (Å²) in [5.74, 6) is -2.20. The molecule has 0 aromatic heterocycles. The average molecular weight is 391 g/mol. The molecule has 1 fully saturated rings. The lowest BCUT2D eigenvalue weighted by molar-refractivity contribution is -0.122. The first-order valence-corrected chi connectivity index (χ1v) is 8.89. The molecule has 0 spiro atoms. The number of amides is 2. The van der Waals surface area contributed by atoms with Crippen molar-refractivity contribution in [2.45, 2.75) is 6.54 Å². The highest BCUT2D eigenvalue weighted by Gasteiger charge is 2.23. The van der Waals surface area contributed by atoms with Crippen LogP contribution in [0.25, 0.3) is 0 Å². The van der Waals surface area contributed by atoms with Gasteiger partial charge in [-0.1, -0.05) is 0 Å². The Bertz CT molecular complexity index is 830. The molecule has 1 heterocycles. The molecule has 8 heteroatoms. The Morgan fingerprint density at radius 2 is 1.46 bits per heavy atom. The summed E-state index contributed by atoms with van der Waals surface area (Å²) in [5, 5.41) is 2.64. The van der Waals surface area contributed by atoms with Crippen molar-refractivity contribution in [3.63, 3.8) is 0 Å². The van der Waals surface area contributed by atoms with Gasteiger partial charge in [0.2, 0.25) is 5.91 Å². The molecule has 1 aliphatic heterocycles. The quantitative estimate of drug-likeness (QED) is 0.850. The molecule has 0 aliphatic carbocycles. The van der Waals surface area contributed by atoms with Crippen molar-refractivity contribution < 1.29 is 22.8 Å². The third-order valence-corrected chi connectivity index (χ3v) is 4.53. The van der Waals surface area contributed by atoms with Gasteiger partial charge in [0.1, 0.15) is 17.5 Å². The number of piperazine rings is 1. The molecular formula is C20H20F3N3O2. The third kappa shape index (κ3) is 5.32. The van der Waals surface area contributed by atoms with Crippen LogP contribution in [0.15, 0.2) is 42.5 Å². The van der Waals surface area contributed by atoms with Gasteiger partial charge in [-0.15, -0.1) is 0 Å². The summed E-state index contributed by atoms with van der Waals surface area (Å²) in [4.78, 5) is 28.0. The zero-order valence-electron chi connectivity index (χ0n) is 15.1. The van der Waals surface area contributed by atoms with E-state index in [2.05, 4.69) is 5.32 Å². The van der Waals surface area contributed by atoms with Crippen LogP contribution in [0.4, 0.5) is 13.2 Å². The van der Waals surface area contributed by atoms with E-state index in [1.807, 2.05) is 4.90 Å². The Morgan fingerprint density at radius 3 is 2.07 bits per heavy atom. The Hall–Kier alpha value is -2.87. The first-order chi connectivity index (χ1) is 13.4. The van der Waals surface area contributed by atoms with Crippen molar-refractivity contribution in [1.29, 1.82) is 0 Å². The maximum absolute atomic E-state index is 13.2. The topological polar surface area (TPSA) is 52.7 Å². The standard InChI is InChI=1S/C20H20F3N3O2/c21-16-3-1-15(2-4-16)20(28)26-7-5-25(6-8-26)13-19(27)24-12-14-9-17(22)11-18(23)10-14/h1-4,9-11H,5-8,12-13H2,(H,24,27). The number of carbonyl (C=O) groups excluding carboxylic acids is 2. The molecule has 5 nitrogen and oxygen atoms in total. The van der Waals surface area contributed by atoms with Crippen LogP contribution >= 0.6 is 0 Å². The van der Waals surface area contributed by atoms with Crippen LogP contribution in [-0.4, -0.2) is 54.3 Å². The smallest absolute Gasteiger partial charge is 0.253 e. The SMILES string of the molecule is O=C(CN1CCN(C(=O)c2ccc(F)cc2)CC1)NCc1cc(F)cc(F)c1. The molecule has 0 saturated carbocycles. The van der Waals surface area contributed by atoms with Crippen molar-refractivity contribution >= 4 is 11.8 Å². The lowest BCUT2D eigenvalue weighted by Crippen LogP contribution is -2.51. The van der Waals surface area contributed by atoms with Gasteiger partial charge in [0.05, 0.1) is 6.54 Å². The van der Waals surface area contributed by atoms with Gasteiger partial charge in [-0.2, -0.15) is 0 Å². The summed E-state index contributed by atoms with van der Waals surface area (Å²) in [7, 11) is 0. The summed E-state index contributed by atoms with van der Waals surface area (Å²) in [6.07, 6.45) is 0. The molecule has 1 saturated heterocycles. The van der Waals surface area contributed by atoms with Gasteiger partial charge in [-0.25, -0.2) is 13.2 Å². The average Bonchev–Trinajstić information content (AvgIpc) is 2.66. The van der Waals surface area contributed by atoms with Crippen LogP contribution in [0.3, 0.4) is 0 Å². The maximum atomic E-state index is 13.2. The second-order valence-electron chi connectivity index (χ2n) is 6.63. The summed E-state index contributed by atoms with van der Waals surface area (Å²) in [5.41, 5.74) is 0.774. The molecule has 1 N–H and O–H groups in total. The normalized spacial score (nSPS) is 14.8. The fourth-order valence-electron chi connectivity index (χ4n) is 3.06. The number of hydrogen-bond donors (Lipinski definition) is 1. The van der Waals surface area contributed by atoms with E-state index in [1.54, 1.807) is 4.90 Å². The Balaban J connectivity index is 1.44.